The third-order valence-corrected chi connectivity index (χ3v) is 5.17. The zero-order chi connectivity index (χ0) is 19.5. The van der Waals surface area contributed by atoms with Gasteiger partial charge in [-0.15, -0.1) is 4.68 Å². The smallest absolute Gasteiger partial charge is 0.319 e. The number of H-pyrrole nitrogens is 1. The molecule has 0 bridgehead atoms. The van der Waals surface area contributed by atoms with Gasteiger partial charge in [0.25, 0.3) is 0 Å². The summed E-state index contributed by atoms with van der Waals surface area (Å²) in [5.74, 6) is -0.402. The number of nitrogens with one attached hydrogen (secondary N) is 2. The summed E-state index contributed by atoms with van der Waals surface area (Å²) in [6, 6.07) is 18.6. The van der Waals surface area contributed by atoms with Crippen LogP contribution in [0, 0.1) is 0 Å². The summed E-state index contributed by atoms with van der Waals surface area (Å²) in [6.45, 7) is 1.85. The van der Waals surface area contributed by atoms with Crippen LogP contribution in [-0.4, -0.2) is 40.8 Å². The van der Waals surface area contributed by atoms with Crippen molar-refractivity contribution in [1.82, 2.24) is 14.8 Å². The number of anilines is 1. The molecule has 7 heteroatoms. The van der Waals surface area contributed by atoms with Gasteiger partial charge in [-0.2, -0.15) is 0 Å². The Bertz CT molecular complexity index is 1000. The number of aromatic nitrogens is 3. The van der Waals surface area contributed by atoms with Gasteiger partial charge in [-0.05, 0) is 31.3 Å². The Labute approximate surface area is 163 Å². The number of piperidine rings is 1. The molecule has 0 radical (unpaired) electrons. The molecule has 7 nitrogen and oxygen atoms in total. The van der Waals surface area contributed by atoms with Crippen LogP contribution in [0.1, 0.15) is 29.4 Å². The van der Waals surface area contributed by atoms with E-state index in [1.54, 1.807) is 16.8 Å². The maximum Gasteiger partial charge on any atom is 0.411 e. The van der Waals surface area contributed by atoms with E-state index in [0.29, 0.717) is 11.4 Å². The number of benzene rings is 2. The number of likely N-dealkylation sites (tertiary alicyclic amines) is 1. The molecule has 4 rings (SSSR count). The number of para-hydroxylation sites is 2. The van der Waals surface area contributed by atoms with Gasteiger partial charge in [-0.1, -0.05) is 46.3 Å². The normalized spacial score (nSPS) is 15.5. The van der Waals surface area contributed by atoms with Gasteiger partial charge in [0.15, 0.2) is 5.69 Å². The van der Waals surface area contributed by atoms with Crippen molar-refractivity contribution >= 4 is 11.6 Å². The second-order valence-corrected chi connectivity index (χ2v) is 7.15. The van der Waals surface area contributed by atoms with Gasteiger partial charge < -0.3 is 10.2 Å². The van der Waals surface area contributed by atoms with E-state index in [1.165, 1.54) is 4.68 Å². The zero-order valence-electron chi connectivity index (χ0n) is 15.8. The molecule has 0 saturated carbocycles. The summed E-state index contributed by atoms with van der Waals surface area (Å²) in [5.41, 5.74) is 1.14. The van der Waals surface area contributed by atoms with Crippen molar-refractivity contribution < 1.29 is 9.48 Å². The molecule has 3 aromatic rings. The number of carbonyl (C=O) groups is 1. The molecule has 0 unspecified atom stereocenters. The highest BCUT2D eigenvalue weighted by atomic mass is 16.2. The van der Waals surface area contributed by atoms with Gasteiger partial charge >= 0.3 is 17.2 Å². The van der Waals surface area contributed by atoms with E-state index >= 15 is 0 Å². The van der Waals surface area contributed by atoms with E-state index in [4.69, 9.17) is 0 Å². The Morgan fingerprint density at radius 2 is 1.64 bits per heavy atom. The molecule has 0 spiro atoms. The lowest BCUT2D eigenvalue weighted by atomic mass is 10.1. The van der Waals surface area contributed by atoms with Gasteiger partial charge in [0, 0.05) is 31.6 Å². The second kappa shape index (κ2) is 7.82. The maximum atomic E-state index is 13.2. The van der Waals surface area contributed by atoms with Gasteiger partial charge in [-0.3, -0.25) is 4.79 Å². The Hall–Kier alpha value is -3.19. The van der Waals surface area contributed by atoms with Gasteiger partial charge in [0.05, 0.1) is 0 Å². The first-order chi connectivity index (χ1) is 13.6. The summed E-state index contributed by atoms with van der Waals surface area (Å²) in [7, 11) is 2.09. The topological polar surface area (TPSA) is 74.0 Å². The third-order valence-electron chi connectivity index (χ3n) is 5.17. The fourth-order valence-corrected chi connectivity index (χ4v) is 3.60. The Morgan fingerprint density at radius 1 is 1.04 bits per heavy atom. The Morgan fingerprint density at radius 3 is 2.29 bits per heavy atom. The molecule has 1 aliphatic heterocycles. The van der Waals surface area contributed by atoms with E-state index in [-0.39, 0.29) is 17.3 Å². The number of amides is 1. The minimum Gasteiger partial charge on any atom is -0.319 e. The minimum atomic E-state index is -0.402. The predicted molar refractivity (Wildman–Crippen MR) is 107 cm³/mol. The second-order valence-electron chi connectivity index (χ2n) is 7.15. The standard InChI is InChI=1S/C21H23N5O2/c1-24-14-12-18(13-15-24)25-19(20(27)22-16-8-4-2-5-9-16)21(28)26(23-25)17-10-6-3-7-11-17/h2-11,18H,12-15H2,1H3,(H-,22,23,27,28)/p+1. The van der Waals surface area contributed by atoms with Crippen LogP contribution in [0.2, 0.25) is 0 Å². The summed E-state index contributed by atoms with van der Waals surface area (Å²) in [4.78, 5) is 28.5. The lowest BCUT2D eigenvalue weighted by Crippen LogP contribution is -2.52. The van der Waals surface area contributed by atoms with Crippen molar-refractivity contribution in [3.63, 3.8) is 0 Å². The fraction of sp³-hybridized carbons (Fsp3) is 0.286. The minimum absolute atomic E-state index is 0.0744. The van der Waals surface area contributed by atoms with Crippen molar-refractivity contribution in [2.75, 3.05) is 25.5 Å². The van der Waals surface area contributed by atoms with Crippen LogP contribution in [-0.2, 0) is 0 Å². The van der Waals surface area contributed by atoms with E-state index in [9.17, 15) is 9.59 Å². The molecule has 1 aliphatic rings. The van der Waals surface area contributed by atoms with Crippen molar-refractivity contribution in [3.05, 3.63) is 76.7 Å². The van der Waals surface area contributed by atoms with Crippen LogP contribution in [0.4, 0.5) is 5.69 Å². The highest BCUT2D eigenvalue weighted by Crippen LogP contribution is 2.16. The average molecular weight is 378 g/mol. The number of hydrogen-bond acceptors (Lipinski definition) is 3. The lowest BCUT2D eigenvalue weighted by Gasteiger charge is -2.26. The first-order valence-electron chi connectivity index (χ1n) is 9.50. The van der Waals surface area contributed by atoms with Crippen molar-refractivity contribution in [3.8, 4) is 5.69 Å². The van der Waals surface area contributed by atoms with E-state index < -0.39 is 5.91 Å². The first kappa shape index (κ1) is 18.2. The molecule has 144 valence electrons. The lowest BCUT2D eigenvalue weighted by molar-refractivity contribution is -0.781. The van der Waals surface area contributed by atoms with Crippen LogP contribution >= 0.6 is 0 Å². The molecular weight excluding hydrogens is 354 g/mol. The molecule has 28 heavy (non-hydrogen) atoms. The van der Waals surface area contributed by atoms with Crippen LogP contribution in [0.25, 0.3) is 5.69 Å². The molecule has 1 amide bonds. The van der Waals surface area contributed by atoms with Gasteiger partial charge in [0.1, 0.15) is 6.04 Å². The van der Waals surface area contributed by atoms with E-state index in [0.717, 1.165) is 25.9 Å². The van der Waals surface area contributed by atoms with Crippen LogP contribution in [0.3, 0.4) is 0 Å². The van der Waals surface area contributed by atoms with Crippen LogP contribution in [0.15, 0.2) is 65.5 Å². The number of nitrogens with zero attached hydrogens (tertiary/aromatic N) is 3. The van der Waals surface area contributed by atoms with Crippen molar-refractivity contribution in [2.45, 2.75) is 18.9 Å². The molecular formula is C21H24N5O2+. The number of hydrogen-bond donors (Lipinski definition) is 2. The number of aromatic amines is 1. The molecule has 2 aromatic carbocycles. The van der Waals surface area contributed by atoms with Crippen LogP contribution < -0.4 is 15.6 Å². The van der Waals surface area contributed by atoms with E-state index in [1.807, 2.05) is 48.5 Å². The highest BCUT2D eigenvalue weighted by molar-refractivity contribution is 6.01. The average Bonchev–Trinajstić information content (AvgIpc) is 3.07. The summed E-state index contributed by atoms with van der Waals surface area (Å²) in [6.07, 6.45) is 1.75. The largest absolute Gasteiger partial charge is 0.411 e. The molecule has 1 saturated heterocycles. The third kappa shape index (κ3) is 3.61. The monoisotopic (exact) mass is 378 g/mol. The Balaban J connectivity index is 1.75. The first-order valence-corrected chi connectivity index (χ1v) is 9.50. The zero-order valence-corrected chi connectivity index (χ0v) is 15.8. The highest BCUT2D eigenvalue weighted by Gasteiger charge is 2.34. The van der Waals surface area contributed by atoms with Crippen molar-refractivity contribution in [1.29, 1.82) is 0 Å². The molecule has 0 atom stereocenters. The molecule has 0 aliphatic carbocycles. The molecule has 2 N–H and O–H groups in total. The molecule has 1 aromatic heterocycles. The van der Waals surface area contributed by atoms with E-state index in [2.05, 4.69) is 22.5 Å². The summed E-state index contributed by atoms with van der Waals surface area (Å²) in [5, 5.41) is 6.01. The number of rotatable bonds is 4. The SMILES string of the molecule is CN1CCC([n+]2[nH]n(-c3ccccc3)c(=O)c2C(=O)Nc2ccccc2)CC1. The summed E-state index contributed by atoms with van der Waals surface area (Å²) >= 11 is 0. The van der Waals surface area contributed by atoms with Gasteiger partial charge in [0.2, 0.25) is 0 Å². The quantitative estimate of drug-likeness (QED) is 0.682. The predicted octanol–water partition coefficient (Wildman–Crippen LogP) is 1.97. The fourth-order valence-electron chi connectivity index (χ4n) is 3.60. The van der Waals surface area contributed by atoms with Gasteiger partial charge in [-0.25, -0.2) is 4.79 Å². The Kier molecular flexibility index (Phi) is 5.08. The maximum absolute atomic E-state index is 13.2. The molecule has 1 fully saturated rings. The van der Waals surface area contributed by atoms with Crippen LogP contribution in [0.5, 0.6) is 0 Å². The summed E-state index contributed by atoms with van der Waals surface area (Å²) < 4.78 is 3.19. The van der Waals surface area contributed by atoms with Crippen molar-refractivity contribution in [2.24, 2.45) is 0 Å². The number of carbonyl (C=O) groups excluding carboxylic acids is 1. The molecule has 2 heterocycles.